The van der Waals surface area contributed by atoms with E-state index in [0.717, 1.165) is 0 Å². The van der Waals surface area contributed by atoms with Crippen LogP contribution in [0.15, 0.2) is 39.3 Å². The molecule has 2 aromatic heterocycles. The number of ether oxygens (including phenoxy) is 1. The van der Waals surface area contributed by atoms with E-state index in [1.54, 1.807) is 39.0 Å². The Morgan fingerprint density at radius 1 is 1.25 bits per heavy atom. The van der Waals surface area contributed by atoms with Crippen LogP contribution in [-0.4, -0.2) is 16.1 Å². The van der Waals surface area contributed by atoms with Crippen LogP contribution < -0.4 is 0 Å². The molecular weight excluding hydrogens is 315 g/mol. The molecule has 0 saturated carbocycles. The van der Waals surface area contributed by atoms with Gasteiger partial charge in [-0.25, -0.2) is 9.18 Å². The molecule has 2 heterocycles. The van der Waals surface area contributed by atoms with E-state index < -0.39 is 12.1 Å². The number of carbonyl (C=O) groups excluding carboxylic acids is 1. The molecule has 1 unspecified atom stereocenters. The first-order valence-corrected chi connectivity index (χ1v) is 7.31. The first-order chi connectivity index (χ1) is 11.4. The van der Waals surface area contributed by atoms with Crippen LogP contribution in [-0.2, 0) is 4.74 Å². The van der Waals surface area contributed by atoms with Crippen molar-refractivity contribution in [2.75, 3.05) is 0 Å². The lowest BCUT2D eigenvalue weighted by Gasteiger charge is -2.07. The van der Waals surface area contributed by atoms with Gasteiger partial charge in [0, 0.05) is 5.56 Å². The number of carbonyl (C=O) groups is 1. The van der Waals surface area contributed by atoms with Crippen LogP contribution in [0.3, 0.4) is 0 Å². The lowest BCUT2D eigenvalue weighted by Crippen LogP contribution is -2.08. The molecule has 0 bridgehead atoms. The van der Waals surface area contributed by atoms with Crippen molar-refractivity contribution < 1.29 is 22.9 Å². The highest BCUT2D eigenvalue weighted by Gasteiger charge is 2.22. The highest BCUT2D eigenvalue weighted by atomic mass is 19.1. The zero-order valence-electron chi connectivity index (χ0n) is 13.4. The predicted molar refractivity (Wildman–Crippen MR) is 81.7 cm³/mol. The van der Waals surface area contributed by atoms with Crippen LogP contribution in [0, 0.1) is 19.7 Å². The van der Waals surface area contributed by atoms with E-state index in [0.29, 0.717) is 16.9 Å². The maximum absolute atomic E-state index is 13.6. The Labute approximate surface area is 137 Å². The van der Waals surface area contributed by atoms with Gasteiger partial charge in [0.2, 0.25) is 11.6 Å². The van der Waals surface area contributed by atoms with Crippen LogP contribution in [0.25, 0.3) is 11.4 Å². The van der Waals surface area contributed by atoms with Crippen molar-refractivity contribution in [3.63, 3.8) is 0 Å². The molecule has 1 aromatic carbocycles. The third kappa shape index (κ3) is 3.19. The van der Waals surface area contributed by atoms with Gasteiger partial charge in [-0.1, -0.05) is 17.3 Å². The Morgan fingerprint density at radius 3 is 2.71 bits per heavy atom. The van der Waals surface area contributed by atoms with Crippen molar-refractivity contribution in [3.8, 4) is 11.4 Å². The van der Waals surface area contributed by atoms with E-state index in [9.17, 15) is 9.18 Å². The molecule has 0 aliphatic heterocycles. The van der Waals surface area contributed by atoms with E-state index in [2.05, 4.69) is 10.1 Å². The van der Waals surface area contributed by atoms with Crippen molar-refractivity contribution in [1.29, 1.82) is 0 Å². The summed E-state index contributed by atoms with van der Waals surface area (Å²) in [4.78, 5) is 16.1. The monoisotopic (exact) mass is 330 g/mol. The summed E-state index contributed by atoms with van der Waals surface area (Å²) < 4.78 is 29.2. The zero-order valence-corrected chi connectivity index (χ0v) is 13.4. The quantitative estimate of drug-likeness (QED) is 0.673. The molecule has 0 aliphatic carbocycles. The number of furan rings is 1. The molecular formula is C17H15FN2O4. The Morgan fingerprint density at radius 2 is 2.04 bits per heavy atom. The van der Waals surface area contributed by atoms with Gasteiger partial charge in [0.25, 0.3) is 5.89 Å². The first-order valence-electron chi connectivity index (χ1n) is 7.31. The summed E-state index contributed by atoms with van der Waals surface area (Å²) in [6.07, 6.45) is -0.764. The third-order valence-corrected chi connectivity index (χ3v) is 3.44. The fourth-order valence-corrected chi connectivity index (χ4v) is 2.06. The second kappa shape index (κ2) is 6.27. The van der Waals surface area contributed by atoms with Crippen LogP contribution >= 0.6 is 0 Å². The lowest BCUT2D eigenvalue weighted by atomic mass is 10.1. The minimum Gasteiger partial charge on any atom is -0.454 e. The molecule has 3 rings (SSSR count). The smallest absolute Gasteiger partial charge is 0.375 e. The molecule has 124 valence electrons. The summed E-state index contributed by atoms with van der Waals surface area (Å²) in [5, 5.41) is 3.79. The average Bonchev–Trinajstić information content (AvgIpc) is 3.19. The highest BCUT2D eigenvalue weighted by molar-refractivity contribution is 5.86. The van der Waals surface area contributed by atoms with Gasteiger partial charge in [-0.3, -0.25) is 0 Å². The summed E-state index contributed by atoms with van der Waals surface area (Å²) in [6.45, 7) is 4.99. The Bertz CT molecular complexity index is 884. The molecule has 1 atom stereocenters. The molecule has 7 heteroatoms. The van der Waals surface area contributed by atoms with E-state index in [1.807, 2.05) is 0 Å². The van der Waals surface area contributed by atoms with Crippen molar-refractivity contribution in [2.24, 2.45) is 0 Å². The van der Waals surface area contributed by atoms with Gasteiger partial charge in [-0.2, -0.15) is 4.98 Å². The maximum Gasteiger partial charge on any atom is 0.375 e. The molecule has 0 saturated heterocycles. The third-order valence-electron chi connectivity index (χ3n) is 3.44. The number of benzene rings is 1. The summed E-state index contributed by atoms with van der Waals surface area (Å²) in [5.74, 6) is 0.0577. The van der Waals surface area contributed by atoms with Crippen molar-refractivity contribution in [2.45, 2.75) is 26.9 Å². The SMILES string of the molecule is Cc1ccc(C(=O)OC(C)c2nc(-c3ccc(C)c(F)c3)no2)o1. The van der Waals surface area contributed by atoms with E-state index in [1.165, 1.54) is 12.1 Å². The number of hydrogen-bond acceptors (Lipinski definition) is 6. The molecule has 0 aliphatic rings. The average molecular weight is 330 g/mol. The van der Waals surface area contributed by atoms with Gasteiger partial charge in [-0.05, 0) is 44.5 Å². The topological polar surface area (TPSA) is 78.4 Å². The van der Waals surface area contributed by atoms with E-state index >= 15 is 0 Å². The molecule has 0 spiro atoms. The molecule has 24 heavy (non-hydrogen) atoms. The van der Waals surface area contributed by atoms with Crippen LogP contribution in [0.2, 0.25) is 0 Å². The van der Waals surface area contributed by atoms with Gasteiger partial charge < -0.3 is 13.7 Å². The fourth-order valence-electron chi connectivity index (χ4n) is 2.06. The first kappa shape index (κ1) is 15.9. The highest BCUT2D eigenvalue weighted by Crippen LogP contribution is 2.23. The number of aryl methyl sites for hydroxylation is 2. The van der Waals surface area contributed by atoms with Crippen LogP contribution in [0.1, 0.15) is 40.8 Å². The van der Waals surface area contributed by atoms with Crippen LogP contribution in [0.4, 0.5) is 4.39 Å². The summed E-state index contributed by atoms with van der Waals surface area (Å²) in [7, 11) is 0. The molecule has 0 fully saturated rings. The molecule has 0 amide bonds. The second-order valence-electron chi connectivity index (χ2n) is 5.38. The zero-order chi connectivity index (χ0) is 17.3. The number of halogens is 1. The van der Waals surface area contributed by atoms with E-state index in [4.69, 9.17) is 13.7 Å². The summed E-state index contributed by atoms with van der Waals surface area (Å²) in [5.41, 5.74) is 1.01. The molecule has 0 radical (unpaired) electrons. The predicted octanol–water partition coefficient (Wildman–Crippen LogP) is 4.00. The normalized spacial score (nSPS) is 12.2. The standard InChI is InChI=1S/C17H15FN2O4/c1-9-4-6-12(8-13(9)18)15-19-16(24-20-15)11(3)23-17(21)14-7-5-10(2)22-14/h4-8,11H,1-3H3. The Kier molecular flexibility index (Phi) is 4.16. The Balaban J connectivity index is 1.74. The van der Waals surface area contributed by atoms with Crippen molar-refractivity contribution in [1.82, 2.24) is 10.1 Å². The molecule has 0 N–H and O–H groups in total. The number of hydrogen-bond donors (Lipinski definition) is 0. The van der Waals surface area contributed by atoms with Gasteiger partial charge in [-0.15, -0.1) is 0 Å². The number of nitrogens with zero attached hydrogens (tertiary/aromatic N) is 2. The largest absolute Gasteiger partial charge is 0.454 e. The fraction of sp³-hybridized carbons (Fsp3) is 0.235. The Hall–Kier alpha value is -2.96. The van der Waals surface area contributed by atoms with E-state index in [-0.39, 0.29) is 23.3 Å². The maximum atomic E-state index is 13.6. The lowest BCUT2D eigenvalue weighted by molar-refractivity contribution is 0.0229. The van der Waals surface area contributed by atoms with Crippen molar-refractivity contribution in [3.05, 3.63) is 59.1 Å². The number of rotatable bonds is 4. The number of esters is 1. The minimum absolute atomic E-state index is 0.0969. The van der Waals surface area contributed by atoms with Gasteiger partial charge in [0.15, 0.2) is 6.10 Å². The van der Waals surface area contributed by atoms with Gasteiger partial charge in [0.05, 0.1) is 0 Å². The van der Waals surface area contributed by atoms with Crippen molar-refractivity contribution >= 4 is 5.97 Å². The molecule has 3 aromatic rings. The van der Waals surface area contributed by atoms with Gasteiger partial charge >= 0.3 is 5.97 Å². The summed E-state index contributed by atoms with van der Waals surface area (Å²) in [6, 6.07) is 7.84. The number of aromatic nitrogens is 2. The second-order valence-corrected chi connectivity index (χ2v) is 5.38. The minimum atomic E-state index is -0.764. The van der Waals surface area contributed by atoms with Gasteiger partial charge in [0.1, 0.15) is 11.6 Å². The van der Waals surface area contributed by atoms with Crippen LogP contribution in [0.5, 0.6) is 0 Å². The molecule has 6 nitrogen and oxygen atoms in total. The summed E-state index contributed by atoms with van der Waals surface area (Å²) >= 11 is 0.